The molecule has 3 nitrogen and oxygen atoms in total. The molecule has 1 aliphatic carbocycles. The van der Waals surface area contributed by atoms with Gasteiger partial charge in [0, 0.05) is 30.6 Å². The van der Waals surface area contributed by atoms with Crippen LogP contribution >= 0.6 is 11.3 Å². The van der Waals surface area contributed by atoms with Crippen molar-refractivity contribution in [2.24, 2.45) is 0 Å². The molecule has 3 rings (SSSR count). The maximum absolute atomic E-state index is 4.94. The van der Waals surface area contributed by atoms with Crippen molar-refractivity contribution in [2.75, 3.05) is 18.0 Å². The number of aromatic nitrogens is 1. The van der Waals surface area contributed by atoms with Crippen LogP contribution in [0.2, 0.25) is 0 Å². The highest BCUT2D eigenvalue weighted by Crippen LogP contribution is 2.32. The fourth-order valence-electron chi connectivity index (χ4n) is 2.67. The van der Waals surface area contributed by atoms with Crippen LogP contribution in [0.3, 0.4) is 0 Å². The molecule has 106 valence electrons. The molecule has 1 saturated heterocycles. The van der Waals surface area contributed by atoms with Crippen molar-refractivity contribution in [2.45, 2.75) is 64.5 Å². The highest BCUT2D eigenvalue weighted by molar-refractivity contribution is 7.15. The molecule has 0 bridgehead atoms. The molecule has 2 aliphatic rings. The molecular weight excluding hydrogens is 254 g/mol. The molecule has 0 unspecified atom stereocenters. The van der Waals surface area contributed by atoms with Gasteiger partial charge in [-0.05, 0) is 38.0 Å². The number of anilines is 1. The first-order valence-corrected chi connectivity index (χ1v) is 8.53. The van der Waals surface area contributed by atoms with Gasteiger partial charge in [0.25, 0.3) is 0 Å². The quantitative estimate of drug-likeness (QED) is 0.894. The predicted molar refractivity (Wildman–Crippen MR) is 82.1 cm³/mol. The Kier molecular flexibility index (Phi) is 4.08. The van der Waals surface area contributed by atoms with Gasteiger partial charge in [-0.25, -0.2) is 4.98 Å². The van der Waals surface area contributed by atoms with E-state index >= 15 is 0 Å². The van der Waals surface area contributed by atoms with Crippen LogP contribution in [0.1, 0.15) is 62.4 Å². The summed E-state index contributed by atoms with van der Waals surface area (Å²) in [5, 5.41) is 4.90. The van der Waals surface area contributed by atoms with Gasteiger partial charge in [-0.15, -0.1) is 11.3 Å². The molecule has 0 atom stereocenters. The second-order valence-corrected chi connectivity index (χ2v) is 7.22. The number of hydrogen-bond donors (Lipinski definition) is 1. The van der Waals surface area contributed by atoms with E-state index in [1.54, 1.807) is 0 Å². The molecule has 1 aromatic heterocycles. The number of nitrogens with zero attached hydrogens (tertiary/aromatic N) is 2. The van der Waals surface area contributed by atoms with Crippen LogP contribution in [0.4, 0.5) is 5.13 Å². The Morgan fingerprint density at radius 3 is 2.63 bits per heavy atom. The summed E-state index contributed by atoms with van der Waals surface area (Å²) < 4.78 is 0. The zero-order chi connectivity index (χ0) is 13.2. The highest BCUT2D eigenvalue weighted by atomic mass is 32.1. The lowest BCUT2D eigenvalue weighted by Crippen LogP contribution is -2.29. The summed E-state index contributed by atoms with van der Waals surface area (Å²) in [5.74, 6) is 0.533. The minimum atomic E-state index is 0.533. The Hall–Kier alpha value is -0.610. The number of hydrogen-bond acceptors (Lipinski definition) is 4. The molecule has 0 aromatic carbocycles. The standard InChI is InChI=1S/C15H25N3S/c1-11(2)14-13(10-16-12-6-7-12)19-15(17-14)18-8-4-3-5-9-18/h11-12,16H,3-10H2,1-2H3. The molecule has 1 aliphatic heterocycles. The molecule has 19 heavy (non-hydrogen) atoms. The van der Waals surface area contributed by atoms with E-state index in [0.29, 0.717) is 5.92 Å². The van der Waals surface area contributed by atoms with Gasteiger partial charge in [-0.1, -0.05) is 13.8 Å². The largest absolute Gasteiger partial charge is 0.348 e. The Morgan fingerprint density at radius 2 is 2.00 bits per heavy atom. The van der Waals surface area contributed by atoms with Gasteiger partial charge < -0.3 is 10.2 Å². The van der Waals surface area contributed by atoms with Crippen molar-refractivity contribution in [3.63, 3.8) is 0 Å². The van der Waals surface area contributed by atoms with E-state index in [2.05, 4.69) is 24.1 Å². The summed E-state index contributed by atoms with van der Waals surface area (Å²) >= 11 is 1.92. The van der Waals surface area contributed by atoms with Gasteiger partial charge in [-0.2, -0.15) is 0 Å². The van der Waals surface area contributed by atoms with Crippen LogP contribution in [0, 0.1) is 0 Å². The predicted octanol–water partition coefficient (Wildman–Crippen LogP) is 3.51. The van der Waals surface area contributed by atoms with Crippen LogP contribution in [0.25, 0.3) is 0 Å². The molecule has 1 aromatic rings. The van der Waals surface area contributed by atoms with Crippen molar-refractivity contribution < 1.29 is 0 Å². The van der Waals surface area contributed by atoms with Crippen molar-refractivity contribution in [3.8, 4) is 0 Å². The monoisotopic (exact) mass is 279 g/mol. The first-order chi connectivity index (χ1) is 9.24. The minimum absolute atomic E-state index is 0.533. The lowest BCUT2D eigenvalue weighted by atomic mass is 10.1. The second kappa shape index (κ2) is 5.80. The molecular formula is C15H25N3S. The minimum Gasteiger partial charge on any atom is -0.348 e. The number of nitrogens with one attached hydrogen (secondary N) is 1. The number of rotatable bonds is 5. The van der Waals surface area contributed by atoms with Gasteiger partial charge >= 0.3 is 0 Å². The third kappa shape index (κ3) is 3.29. The van der Waals surface area contributed by atoms with Gasteiger partial charge in [0.2, 0.25) is 0 Å². The Balaban J connectivity index is 1.74. The summed E-state index contributed by atoms with van der Waals surface area (Å²) in [5.41, 5.74) is 1.32. The average Bonchev–Trinajstić information content (AvgIpc) is 3.15. The van der Waals surface area contributed by atoms with E-state index in [9.17, 15) is 0 Å². The summed E-state index contributed by atoms with van der Waals surface area (Å²) in [4.78, 5) is 8.88. The third-order valence-electron chi connectivity index (χ3n) is 4.02. The molecule has 0 spiro atoms. The average molecular weight is 279 g/mol. The van der Waals surface area contributed by atoms with Crippen molar-refractivity contribution in [1.29, 1.82) is 0 Å². The van der Waals surface area contributed by atoms with Gasteiger partial charge in [-0.3, -0.25) is 0 Å². The zero-order valence-corrected chi connectivity index (χ0v) is 12.9. The molecule has 2 fully saturated rings. The van der Waals surface area contributed by atoms with Crippen LogP contribution in [0.5, 0.6) is 0 Å². The maximum atomic E-state index is 4.94. The van der Waals surface area contributed by atoms with Crippen molar-refractivity contribution in [1.82, 2.24) is 10.3 Å². The van der Waals surface area contributed by atoms with Crippen molar-refractivity contribution >= 4 is 16.5 Å². The van der Waals surface area contributed by atoms with Gasteiger partial charge in [0.15, 0.2) is 5.13 Å². The van der Waals surface area contributed by atoms with E-state index < -0.39 is 0 Å². The molecule has 1 saturated carbocycles. The molecule has 0 amide bonds. The third-order valence-corrected chi connectivity index (χ3v) is 5.15. The molecule has 1 N–H and O–H groups in total. The van der Waals surface area contributed by atoms with Crippen LogP contribution in [-0.2, 0) is 6.54 Å². The number of piperidine rings is 1. The molecule has 4 heteroatoms. The smallest absolute Gasteiger partial charge is 0.185 e. The summed E-state index contributed by atoms with van der Waals surface area (Å²) in [6.45, 7) is 7.93. The van der Waals surface area contributed by atoms with E-state index in [-0.39, 0.29) is 0 Å². The Morgan fingerprint density at radius 1 is 1.26 bits per heavy atom. The SMILES string of the molecule is CC(C)c1nc(N2CCCCC2)sc1CNC1CC1. The van der Waals surface area contributed by atoms with Crippen LogP contribution in [-0.4, -0.2) is 24.1 Å². The lowest BCUT2D eigenvalue weighted by molar-refractivity contribution is 0.576. The van der Waals surface area contributed by atoms with Crippen LogP contribution in [0.15, 0.2) is 0 Å². The Bertz CT molecular complexity index is 417. The number of thiazole rings is 1. The van der Waals surface area contributed by atoms with E-state index in [4.69, 9.17) is 4.98 Å². The lowest BCUT2D eigenvalue weighted by Gasteiger charge is -2.25. The zero-order valence-electron chi connectivity index (χ0n) is 12.1. The normalized spacial score (nSPS) is 20.3. The van der Waals surface area contributed by atoms with Gasteiger partial charge in [0.1, 0.15) is 0 Å². The topological polar surface area (TPSA) is 28.2 Å². The summed E-state index contributed by atoms with van der Waals surface area (Å²) in [6.07, 6.45) is 6.75. The van der Waals surface area contributed by atoms with E-state index in [1.807, 2.05) is 11.3 Å². The van der Waals surface area contributed by atoms with E-state index in [0.717, 1.165) is 12.6 Å². The maximum Gasteiger partial charge on any atom is 0.185 e. The first-order valence-electron chi connectivity index (χ1n) is 7.72. The molecule has 2 heterocycles. The first kappa shape index (κ1) is 13.4. The summed E-state index contributed by atoms with van der Waals surface area (Å²) in [7, 11) is 0. The van der Waals surface area contributed by atoms with Crippen molar-refractivity contribution in [3.05, 3.63) is 10.6 Å². The second-order valence-electron chi connectivity index (χ2n) is 6.16. The fourth-order valence-corrected chi connectivity index (χ4v) is 3.89. The van der Waals surface area contributed by atoms with E-state index in [1.165, 1.54) is 60.9 Å². The highest BCUT2D eigenvalue weighted by Gasteiger charge is 2.23. The summed E-state index contributed by atoms with van der Waals surface area (Å²) in [6, 6.07) is 0.778. The fraction of sp³-hybridized carbons (Fsp3) is 0.800. The van der Waals surface area contributed by atoms with Crippen LogP contribution < -0.4 is 10.2 Å². The Labute approximate surface area is 120 Å². The van der Waals surface area contributed by atoms with Gasteiger partial charge in [0.05, 0.1) is 5.69 Å². The molecule has 0 radical (unpaired) electrons.